The first-order chi connectivity index (χ1) is 18.3. The van der Waals surface area contributed by atoms with Gasteiger partial charge in [0.05, 0.1) is 27.0 Å². The minimum absolute atomic E-state index is 0.126. The summed E-state index contributed by atoms with van der Waals surface area (Å²) in [5.41, 5.74) is 6.83. The van der Waals surface area contributed by atoms with Gasteiger partial charge in [0.2, 0.25) is 0 Å². The third-order valence-corrected chi connectivity index (χ3v) is 5.55. The van der Waals surface area contributed by atoms with E-state index < -0.39 is 24.9 Å². The molecule has 0 amide bonds. The van der Waals surface area contributed by atoms with Gasteiger partial charge in [-0.1, -0.05) is 24.3 Å². The van der Waals surface area contributed by atoms with Gasteiger partial charge in [0.15, 0.2) is 10.2 Å². The van der Waals surface area contributed by atoms with Crippen LogP contribution >= 0.6 is 24.4 Å². The van der Waals surface area contributed by atoms with E-state index in [-0.39, 0.29) is 15.9 Å². The summed E-state index contributed by atoms with van der Waals surface area (Å²) in [4.78, 5) is 0. The number of hydrogen-bond donors (Lipinski definition) is 8. The highest BCUT2D eigenvalue weighted by atomic mass is 32.1. The van der Waals surface area contributed by atoms with Gasteiger partial charge in [-0.25, -0.2) is 0 Å². The van der Waals surface area contributed by atoms with Crippen LogP contribution in [0.2, 0.25) is 0 Å². The number of nitrogens with one attached hydrogen (secondary N) is 4. The van der Waals surface area contributed by atoms with Crippen molar-refractivity contribution in [1.82, 2.24) is 21.5 Å². The number of hydrogen-bond acceptors (Lipinski definition) is 10. The quantitative estimate of drug-likeness (QED) is 0.0912. The van der Waals surface area contributed by atoms with E-state index in [1.54, 1.807) is 14.2 Å². The van der Waals surface area contributed by atoms with Crippen LogP contribution in [0.15, 0.2) is 58.7 Å². The Morgan fingerprint density at radius 2 is 1.32 bits per heavy atom. The van der Waals surface area contributed by atoms with Crippen LogP contribution in [0.4, 0.5) is 0 Å². The van der Waals surface area contributed by atoms with E-state index in [0.717, 1.165) is 28.8 Å². The molecule has 12 nitrogen and oxygen atoms in total. The highest BCUT2D eigenvalue weighted by Crippen LogP contribution is 2.11. The van der Waals surface area contributed by atoms with E-state index in [1.165, 1.54) is 0 Å². The molecule has 0 fully saturated rings. The number of methoxy groups -OCH3 is 2. The van der Waals surface area contributed by atoms with Crippen LogP contribution in [-0.2, 0) is 13.1 Å². The number of nitrogens with zero attached hydrogens (tertiary/aromatic N) is 2. The zero-order chi connectivity index (χ0) is 27.9. The van der Waals surface area contributed by atoms with E-state index in [2.05, 4.69) is 31.7 Å². The third-order valence-electron chi connectivity index (χ3n) is 5.08. The van der Waals surface area contributed by atoms with Crippen molar-refractivity contribution in [3.05, 3.63) is 59.7 Å². The zero-order valence-electron chi connectivity index (χ0n) is 20.9. The SMILES string of the molecule is COc1ccc(CNC(=S)N/N=C(/C=N/NC(=S)NCc2ccc(OC)cc2)C(O)C(O)C(O)CO)cc1. The highest BCUT2D eigenvalue weighted by Gasteiger charge is 2.28. The summed E-state index contributed by atoms with van der Waals surface area (Å²) in [6.45, 7) is 0.0421. The molecule has 0 heterocycles. The third kappa shape index (κ3) is 10.5. The molecule has 38 heavy (non-hydrogen) atoms. The number of thiocarbonyl (C=S) groups is 2. The van der Waals surface area contributed by atoms with E-state index in [4.69, 9.17) is 39.0 Å². The van der Waals surface area contributed by atoms with Gasteiger partial charge >= 0.3 is 0 Å². The number of aliphatic hydroxyl groups is 4. The number of rotatable bonds is 13. The summed E-state index contributed by atoms with van der Waals surface area (Å²) in [7, 11) is 3.17. The van der Waals surface area contributed by atoms with Crippen LogP contribution in [0.1, 0.15) is 11.1 Å². The molecular weight excluding hydrogens is 532 g/mol. The molecule has 0 spiro atoms. The van der Waals surface area contributed by atoms with Crippen LogP contribution in [0, 0.1) is 0 Å². The molecule has 0 aliphatic rings. The maximum absolute atomic E-state index is 10.5. The molecule has 0 aliphatic heterocycles. The van der Waals surface area contributed by atoms with Crippen LogP contribution in [0.3, 0.4) is 0 Å². The van der Waals surface area contributed by atoms with Gasteiger partial charge in [-0.15, -0.1) is 0 Å². The smallest absolute Gasteiger partial charge is 0.187 e. The standard InChI is InChI=1S/C24H32N6O6S2/c1-35-17-7-3-15(4-8-17)11-25-23(37)29-27-13-19(21(33)22(34)20(32)14-31)28-30-24(38)26-12-16-5-9-18(36-2)10-6-16/h3-10,13,20-22,31-34H,11-12,14H2,1-2H3,(H2,25,29,37)(H2,26,30,38)/b27-13+,28-19-. The van der Waals surface area contributed by atoms with Crippen molar-refractivity contribution in [3.63, 3.8) is 0 Å². The minimum atomic E-state index is -1.74. The van der Waals surface area contributed by atoms with Gasteiger partial charge in [0, 0.05) is 13.1 Å². The molecule has 14 heteroatoms. The Balaban J connectivity index is 1.97. The molecule has 0 saturated carbocycles. The molecule has 3 unspecified atom stereocenters. The molecule has 0 aromatic heterocycles. The molecule has 206 valence electrons. The Morgan fingerprint density at radius 3 is 1.76 bits per heavy atom. The molecule has 0 saturated heterocycles. The summed E-state index contributed by atoms with van der Waals surface area (Å²) in [6, 6.07) is 14.8. The Kier molecular flexibility index (Phi) is 13.3. The van der Waals surface area contributed by atoms with E-state index in [9.17, 15) is 15.3 Å². The van der Waals surface area contributed by atoms with Crippen molar-refractivity contribution < 1.29 is 29.9 Å². The lowest BCUT2D eigenvalue weighted by molar-refractivity contribution is -0.0549. The summed E-state index contributed by atoms with van der Waals surface area (Å²) in [5.74, 6) is 1.46. The summed E-state index contributed by atoms with van der Waals surface area (Å²) >= 11 is 10.4. The monoisotopic (exact) mass is 564 g/mol. The van der Waals surface area contributed by atoms with Gasteiger partial charge in [0.1, 0.15) is 35.5 Å². The lowest BCUT2D eigenvalue weighted by Gasteiger charge is -2.21. The first kappa shape index (κ1) is 30.8. The van der Waals surface area contributed by atoms with Gasteiger partial charge in [-0.3, -0.25) is 10.9 Å². The summed E-state index contributed by atoms with van der Waals surface area (Å²) < 4.78 is 10.3. The maximum Gasteiger partial charge on any atom is 0.187 e. The molecule has 2 rings (SSSR count). The number of benzene rings is 2. The fraction of sp³-hybridized carbons (Fsp3) is 0.333. The number of hydrazone groups is 2. The van der Waals surface area contributed by atoms with Gasteiger partial charge in [-0.05, 0) is 59.8 Å². The maximum atomic E-state index is 10.5. The van der Waals surface area contributed by atoms with Crippen LogP contribution in [0.5, 0.6) is 11.5 Å². The summed E-state index contributed by atoms with van der Waals surface area (Å²) in [6.07, 6.45) is -3.96. The topological polar surface area (TPSA) is 172 Å². The Morgan fingerprint density at radius 1 is 0.842 bits per heavy atom. The lowest BCUT2D eigenvalue weighted by atomic mass is 10.0. The van der Waals surface area contributed by atoms with Crippen molar-refractivity contribution in [3.8, 4) is 11.5 Å². The Hall–Kier alpha value is -3.40. The van der Waals surface area contributed by atoms with E-state index in [0.29, 0.717) is 13.1 Å². The normalized spacial score (nSPS) is 13.8. The second kappa shape index (κ2) is 16.4. The van der Waals surface area contributed by atoms with Gasteiger partial charge in [-0.2, -0.15) is 10.2 Å². The zero-order valence-corrected chi connectivity index (χ0v) is 22.5. The van der Waals surface area contributed by atoms with Crippen molar-refractivity contribution in [1.29, 1.82) is 0 Å². The Labute approximate surface area is 231 Å². The first-order valence-corrected chi connectivity index (χ1v) is 12.2. The van der Waals surface area contributed by atoms with Crippen LogP contribution in [0.25, 0.3) is 0 Å². The van der Waals surface area contributed by atoms with Crippen molar-refractivity contribution in [2.24, 2.45) is 10.2 Å². The number of ether oxygens (including phenoxy) is 2. The van der Waals surface area contributed by atoms with E-state index >= 15 is 0 Å². The predicted octanol–water partition coefficient (Wildman–Crippen LogP) is -0.251. The average molecular weight is 565 g/mol. The van der Waals surface area contributed by atoms with Crippen molar-refractivity contribution in [2.45, 2.75) is 31.4 Å². The van der Waals surface area contributed by atoms with Gasteiger partial charge < -0.3 is 40.5 Å². The van der Waals surface area contributed by atoms with Crippen LogP contribution in [-0.4, -0.2) is 81.7 Å². The lowest BCUT2D eigenvalue weighted by Crippen LogP contribution is -2.45. The first-order valence-electron chi connectivity index (χ1n) is 11.4. The molecule has 0 bridgehead atoms. The molecule has 2 aromatic rings. The molecular formula is C24H32N6O6S2. The molecule has 8 N–H and O–H groups in total. The highest BCUT2D eigenvalue weighted by molar-refractivity contribution is 7.80. The second-order valence-electron chi connectivity index (χ2n) is 7.77. The fourth-order valence-electron chi connectivity index (χ4n) is 2.87. The molecule has 0 radical (unpaired) electrons. The Bertz CT molecular complexity index is 1080. The van der Waals surface area contributed by atoms with Gasteiger partial charge in [0.25, 0.3) is 0 Å². The molecule has 3 atom stereocenters. The van der Waals surface area contributed by atoms with Crippen molar-refractivity contribution >= 4 is 46.6 Å². The van der Waals surface area contributed by atoms with Crippen molar-refractivity contribution in [2.75, 3.05) is 20.8 Å². The second-order valence-corrected chi connectivity index (χ2v) is 8.58. The number of aliphatic hydroxyl groups excluding tert-OH is 4. The fourth-order valence-corrected chi connectivity index (χ4v) is 3.11. The predicted molar refractivity (Wildman–Crippen MR) is 152 cm³/mol. The van der Waals surface area contributed by atoms with E-state index in [1.807, 2.05) is 48.5 Å². The molecule has 2 aromatic carbocycles. The minimum Gasteiger partial charge on any atom is -0.497 e. The molecule has 0 aliphatic carbocycles. The average Bonchev–Trinajstić information content (AvgIpc) is 2.95. The largest absolute Gasteiger partial charge is 0.497 e. The summed E-state index contributed by atoms with van der Waals surface area (Å²) in [5, 5.41) is 53.5. The van der Waals surface area contributed by atoms with Crippen LogP contribution < -0.4 is 31.0 Å².